The van der Waals surface area contributed by atoms with Gasteiger partial charge < -0.3 is 9.29 Å². The summed E-state index contributed by atoms with van der Waals surface area (Å²) in [6.07, 6.45) is 0.623. The van der Waals surface area contributed by atoms with Crippen LogP contribution in [0.15, 0.2) is 0 Å². The van der Waals surface area contributed by atoms with Crippen LogP contribution < -0.4 is 0 Å². The Hall–Kier alpha value is -0.420. The Morgan fingerprint density at radius 3 is 2.60 bits per heavy atom. The number of hydrogen-bond acceptors (Lipinski definition) is 3. The van der Waals surface area contributed by atoms with Crippen LogP contribution in [-0.4, -0.2) is 44.7 Å². The van der Waals surface area contributed by atoms with Crippen LogP contribution in [0.3, 0.4) is 0 Å². The number of fused-ring (bicyclic) bond motifs is 2. The van der Waals surface area contributed by atoms with Crippen molar-refractivity contribution in [3.8, 4) is 0 Å². The zero-order valence-electron chi connectivity index (χ0n) is 9.36. The Bertz CT molecular complexity index is 274. The number of rotatable bonds is 0. The predicted molar refractivity (Wildman–Crippen MR) is 58.1 cm³/mol. The second-order valence-electron chi connectivity index (χ2n) is 5.19. The summed E-state index contributed by atoms with van der Waals surface area (Å²) in [7, 11) is 0. The molecule has 0 aromatic carbocycles. The van der Waals surface area contributed by atoms with Crippen LogP contribution in [0.2, 0.25) is 0 Å². The van der Waals surface area contributed by atoms with Crippen LogP contribution in [-0.2, 0) is 15.9 Å². The van der Waals surface area contributed by atoms with Gasteiger partial charge in [-0.05, 0) is 31.9 Å². The summed E-state index contributed by atoms with van der Waals surface area (Å²) < 4.78 is 16.7. The normalized spacial score (nSPS) is 34.7. The number of likely N-dealkylation sites (tertiary alicyclic amines) is 1. The minimum absolute atomic E-state index is 0.144. The standard InChI is InChI=1S/C10H17NO3S/c1-10(2,3)14-9(12)11-5-8-4-7(11)6-15(8)13/h7-8H,4-6H2,1-3H3/t7-,8-,15+/m0/s1. The molecule has 5 heteroatoms. The summed E-state index contributed by atoms with van der Waals surface area (Å²) in [5.41, 5.74) is -0.446. The van der Waals surface area contributed by atoms with Gasteiger partial charge in [-0.3, -0.25) is 4.90 Å². The molecule has 0 aromatic heterocycles. The highest BCUT2D eigenvalue weighted by Gasteiger charge is 2.50. The molecule has 2 saturated heterocycles. The molecule has 0 radical (unpaired) electrons. The van der Waals surface area contributed by atoms with Crippen molar-refractivity contribution in [3.63, 3.8) is 0 Å². The van der Waals surface area contributed by atoms with E-state index in [-0.39, 0.29) is 17.4 Å². The van der Waals surface area contributed by atoms with E-state index >= 15 is 0 Å². The quantitative estimate of drug-likeness (QED) is 0.587. The lowest BCUT2D eigenvalue weighted by atomic mass is 10.2. The molecule has 86 valence electrons. The van der Waals surface area contributed by atoms with Crippen LogP contribution in [0.25, 0.3) is 0 Å². The van der Waals surface area contributed by atoms with Crippen LogP contribution >= 0.6 is 0 Å². The van der Waals surface area contributed by atoms with Gasteiger partial charge in [0.05, 0.1) is 12.6 Å². The van der Waals surface area contributed by atoms with Gasteiger partial charge >= 0.3 is 6.09 Å². The maximum atomic E-state index is 11.8. The molecule has 0 spiro atoms. The van der Waals surface area contributed by atoms with Crippen LogP contribution in [0.5, 0.6) is 0 Å². The van der Waals surface area contributed by atoms with Crippen molar-refractivity contribution < 1.29 is 14.1 Å². The molecular formula is C10H17NO3S. The summed E-state index contributed by atoms with van der Waals surface area (Å²) in [5.74, 6) is 0.629. The molecule has 2 aliphatic heterocycles. The molecule has 0 unspecified atom stereocenters. The average molecular weight is 231 g/mol. The monoisotopic (exact) mass is 231 g/mol. The fraction of sp³-hybridized carbons (Fsp3) is 0.900. The zero-order chi connectivity index (χ0) is 11.2. The Morgan fingerprint density at radius 2 is 2.20 bits per heavy atom. The van der Waals surface area contributed by atoms with Gasteiger partial charge in [-0.1, -0.05) is 0 Å². The van der Waals surface area contributed by atoms with Crippen LogP contribution in [0, 0.1) is 0 Å². The number of carbonyl (C=O) groups excluding carboxylic acids is 1. The number of nitrogens with zero attached hydrogens (tertiary/aromatic N) is 1. The van der Waals surface area contributed by atoms with Gasteiger partial charge in [0, 0.05) is 6.42 Å². The van der Waals surface area contributed by atoms with E-state index in [1.54, 1.807) is 4.90 Å². The second kappa shape index (κ2) is 3.56. The van der Waals surface area contributed by atoms with Gasteiger partial charge in [0.25, 0.3) is 0 Å². The highest BCUT2D eigenvalue weighted by molar-refractivity contribution is 7.92. The molecule has 15 heavy (non-hydrogen) atoms. The minimum atomic E-state index is -0.721. The minimum Gasteiger partial charge on any atom is -0.616 e. The summed E-state index contributed by atoms with van der Waals surface area (Å²) in [6.45, 7) is 6.18. The lowest BCUT2D eigenvalue weighted by Crippen LogP contribution is -2.46. The van der Waals surface area contributed by atoms with E-state index in [1.165, 1.54) is 0 Å². The van der Waals surface area contributed by atoms with Crippen LogP contribution in [0.4, 0.5) is 4.79 Å². The highest BCUT2D eigenvalue weighted by atomic mass is 32.2. The maximum absolute atomic E-state index is 11.8. The Kier molecular flexibility index (Phi) is 2.63. The first-order valence-electron chi connectivity index (χ1n) is 5.23. The van der Waals surface area contributed by atoms with Crippen molar-refractivity contribution >= 4 is 17.3 Å². The zero-order valence-corrected chi connectivity index (χ0v) is 10.2. The molecule has 2 bridgehead atoms. The van der Waals surface area contributed by atoms with Crippen molar-refractivity contribution in [2.45, 2.75) is 44.1 Å². The molecule has 2 aliphatic rings. The molecular weight excluding hydrogens is 214 g/mol. The summed E-state index contributed by atoms with van der Waals surface area (Å²) >= 11 is -0.721. The highest BCUT2D eigenvalue weighted by Crippen LogP contribution is 2.33. The number of ether oxygens (including phenoxy) is 1. The SMILES string of the molecule is CC(C)(C)OC(=O)N1C[C@@H]2C[C@H]1C[S@@+]2[O-]. The summed E-state index contributed by atoms with van der Waals surface area (Å²) in [5, 5.41) is 0.183. The summed E-state index contributed by atoms with van der Waals surface area (Å²) in [6, 6.07) is 0.144. The van der Waals surface area contributed by atoms with Crippen molar-refractivity contribution in [1.82, 2.24) is 4.90 Å². The van der Waals surface area contributed by atoms with E-state index in [4.69, 9.17) is 4.74 Å². The fourth-order valence-corrected chi connectivity index (χ4v) is 3.82. The van der Waals surface area contributed by atoms with Crippen LogP contribution in [0.1, 0.15) is 27.2 Å². The van der Waals surface area contributed by atoms with E-state index in [9.17, 15) is 9.35 Å². The molecule has 3 atom stereocenters. The van der Waals surface area contributed by atoms with Crippen molar-refractivity contribution in [2.75, 3.05) is 12.3 Å². The third-order valence-corrected chi connectivity index (χ3v) is 4.53. The van der Waals surface area contributed by atoms with Gasteiger partial charge in [-0.15, -0.1) is 0 Å². The third kappa shape index (κ3) is 2.23. The first kappa shape index (κ1) is 11.1. The van der Waals surface area contributed by atoms with Crippen molar-refractivity contribution in [1.29, 1.82) is 0 Å². The maximum Gasteiger partial charge on any atom is 0.410 e. The van der Waals surface area contributed by atoms with E-state index in [2.05, 4.69) is 0 Å². The third-order valence-electron chi connectivity index (χ3n) is 2.73. The van der Waals surface area contributed by atoms with E-state index in [1.807, 2.05) is 20.8 Å². The molecule has 2 fully saturated rings. The first-order chi connectivity index (χ1) is 6.87. The predicted octanol–water partition coefficient (Wildman–Crippen LogP) is 1.13. The van der Waals surface area contributed by atoms with Crippen molar-refractivity contribution in [2.24, 2.45) is 0 Å². The molecule has 1 amide bonds. The largest absolute Gasteiger partial charge is 0.616 e. The Morgan fingerprint density at radius 1 is 1.53 bits per heavy atom. The fourth-order valence-electron chi connectivity index (χ4n) is 2.09. The molecule has 2 rings (SSSR count). The molecule has 2 heterocycles. The molecule has 4 nitrogen and oxygen atoms in total. The van der Waals surface area contributed by atoms with Gasteiger partial charge in [0.15, 0.2) is 0 Å². The molecule has 0 saturated carbocycles. The molecule has 0 aliphatic carbocycles. The smallest absolute Gasteiger partial charge is 0.410 e. The molecule has 0 N–H and O–H groups in total. The topological polar surface area (TPSA) is 52.6 Å². The van der Waals surface area contributed by atoms with E-state index < -0.39 is 16.8 Å². The lowest BCUT2D eigenvalue weighted by Gasteiger charge is -2.30. The Balaban J connectivity index is 1.94. The van der Waals surface area contributed by atoms with Gasteiger partial charge in [-0.2, -0.15) is 0 Å². The Labute approximate surface area is 93.1 Å². The molecule has 0 aromatic rings. The first-order valence-corrected chi connectivity index (χ1v) is 6.62. The average Bonchev–Trinajstić information content (AvgIpc) is 2.58. The van der Waals surface area contributed by atoms with E-state index in [0.29, 0.717) is 12.3 Å². The summed E-state index contributed by atoms with van der Waals surface area (Å²) in [4.78, 5) is 13.5. The number of hydrogen-bond donors (Lipinski definition) is 0. The van der Waals surface area contributed by atoms with Gasteiger partial charge in [0.2, 0.25) is 0 Å². The lowest BCUT2D eigenvalue weighted by molar-refractivity contribution is 0.0237. The van der Waals surface area contributed by atoms with Gasteiger partial charge in [-0.25, -0.2) is 4.79 Å². The van der Waals surface area contributed by atoms with Gasteiger partial charge in [0.1, 0.15) is 16.6 Å². The number of carbonyl (C=O) groups is 1. The number of amides is 1. The van der Waals surface area contributed by atoms with E-state index in [0.717, 1.165) is 6.42 Å². The second-order valence-corrected chi connectivity index (χ2v) is 6.95. The van der Waals surface area contributed by atoms with Crippen molar-refractivity contribution in [3.05, 3.63) is 0 Å².